The maximum Gasteiger partial charge on any atom is 0.227 e. The Bertz CT molecular complexity index is 1210. The van der Waals surface area contributed by atoms with E-state index < -0.39 is 0 Å². The lowest BCUT2D eigenvalue weighted by Crippen LogP contribution is -2.20. The van der Waals surface area contributed by atoms with Crippen LogP contribution in [0.2, 0.25) is 0 Å². The summed E-state index contributed by atoms with van der Waals surface area (Å²) in [6.07, 6.45) is 8.23. The molecule has 0 amide bonds. The number of nitrogens with one attached hydrogen (secondary N) is 1. The third kappa shape index (κ3) is 4.67. The highest BCUT2D eigenvalue weighted by molar-refractivity contribution is 5.67. The highest BCUT2D eigenvalue weighted by atomic mass is 16.5. The van der Waals surface area contributed by atoms with Gasteiger partial charge in [0.2, 0.25) is 5.95 Å². The fraction of sp³-hybridized carbons (Fsp3) is 0.238. The number of ether oxygens (including phenoxy) is 1. The second kappa shape index (κ2) is 8.62. The van der Waals surface area contributed by atoms with Crippen LogP contribution in [0.25, 0.3) is 11.1 Å². The lowest BCUT2D eigenvalue weighted by atomic mass is 10.1. The van der Waals surface area contributed by atoms with Crippen molar-refractivity contribution < 1.29 is 4.74 Å². The molecule has 3 heterocycles. The molecule has 0 saturated heterocycles. The third-order valence-electron chi connectivity index (χ3n) is 4.59. The minimum atomic E-state index is -0.199. The SMILES string of the molecule is Cc1nn(C)cc1Nc1ncc(-c2ccc(C#N)c(O[C@@H](C)Cn3cncn3)c2)cn1. The topological polar surface area (TPSA) is 119 Å². The molecule has 0 unspecified atom stereocenters. The Labute approximate surface area is 179 Å². The Morgan fingerprint density at radius 1 is 1.23 bits per heavy atom. The normalized spacial score (nSPS) is 11.7. The number of rotatable bonds is 7. The van der Waals surface area contributed by atoms with Crippen LogP contribution in [0.15, 0.2) is 49.4 Å². The van der Waals surface area contributed by atoms with E-state index in [9.17, 15) is 5.26 Å². The molecule has 4 aromatic rings. The molecule has 0 spiro atoms. The van der Waals surface area contributed by atoms with Crippen LogP contribution in [-0.2, 0) is 13.6 Å². The molecule has 31 heavy (non-hydrogen) atoms. The van der Waals surface area contributed by atoms with Gasteiger partial charge in [-0.05, 0) is 31.5 Å². The van der Waals surface area contributed by atoms with E-state index in [0.717, 1.165) is 22.5 Å². The van der Waals surface area contributed by atoms with Crippen LogP contribution < -0.4 is 10.1 Å². The number of aryl methyl sites for hydroxylation is 2. The minimum Gasteiger partial charge on any atom is -0.487 e. The highest BCUT2D eigenvalue weighted by Gasteiger charge is 2.12. The van der Waals surface area contributed by atoms with Gasteiger partial charge in [-0.15, -0.1) is 0 Å². The number of anilines is 2. The van der Waals surface area contributed by atoms with Gasteiger partial charge in [0.15, 0.2) is 0 Å². The molecule has 1 N–H and O–H groups in total. The van der Waals surface area contributed by atoms with Gasteiger partial charge in [0.1, 0.15) is 30.6 Å². The second-order valence-corrected chi connectivity index (χ2v) is 7.09. The third-order valence-corrected chi connectivity index (χ3v) is 4.59. The van der Waals surface area contributed by atoms with Crippen molar-refractivity contribution in [3.63, 3.8) is 0 Å². The summed E-state index contributed by atoms with van der Waals surface area (Å²) in [5, 5.41) is 21.0. The van der Waals surface area contributed by atoms with Crippen molar-refractivity contribution in [3.8, 4) is 22.9 Å². The molecule has 10 nitrogen and oxygen atoms in total. The van der Waals surface area contributed by atoms with E-state index in [0.29, 0.717) is 23.8 Å². The van der Waals surface area contributed by atoms with Gasteiger partial charge in [-0.2, -0.15) is 15.5 Å². The smallest absolute Gasteiger partial charge is 0.227 e. The summed E-state index contributed by atoms with van der Waals surface area (Å²) in [5.41, 5.74) is 3.84. The second-order valence-electron chi connectivity index (χ2n) is 7.09. The number of hydrogen-bond donors (Lipinski definition) is 1. The van der Waals surface area contributed by atoms with Crippen LogP contribution in [0, 0.1) is 18.3 Å². The van der Waals surface area contributed by atoms with E-state index in [1.54, 1.807) is 34.2 Å². The first kappa shape index (κ1) is 20.0. The van der Waals surface area contributed by atoms with Crippen LogP contribution in [0.3, 0.4) is 0 Å². The highest BCUT2D eigenvalue weighted by Crippen LogP contribution is 2.28. The Morgan fingerprint density at radius 3 is 2.68 bits per heavy atom. The zero-order valence-corrected chi connectivity index (χ0v) is 17.4. The van der Waals surface area contributed by atoms with Crippen LogP contribution in [0.1, 0.15) is 18.2 Å². The Balaban J connectivity index is 1.51. The molecule has 0 bridgehead atoms. The first-order valence-corrected chi connectivity index (χ1v) is 9.64. The van der Waals surface area contributed by atoms with E-state index in [1.165, 1.54) is 6.33 Å². The molecule has 156 valence electrons. The van der Waals surface area contributed by atoms with E-state index >= 15 is 0 Å². The maximum absolute atomic E-state index is 9.45. The first-order chi connectivity index (χ1) is 15.0. The number of benzene rings is 1. The quantitative estimate of drug-likeness (QED) is 0.489. The average Bonchev–Trinajstić information content (AvgIpc) is 3.37. The van der Waals surface area contributed by atoms with E-state index in [2.05, 4.69) is 36.5 Å². The molecule has 0 fully saturated rings. The Kier molecular flexibility index (Phi) is 5.57. The summed E-state index contributed by atoms with van der Waals surface area (Å²) in [6, 6.07) is 7.59. The van der Waals surface area contributed by atoms with Crippen molar-refractivity contribution in [2.24, 2.45) is 7.05 Å². The first-order valence-electron chi connectivity index (χ1n) is 9.64. The van der Waals surface area contributed by atoms with Gasteiger partial charge < -0.3 is 10.1 Å². The van der Waals surface area contributed by atoms with Crippen molar-refractivity contribution in [1.29, 1.82) is 5.26 Å². The van der Waals surface area contributed by atoms with Crippen molar-refractivity contribution in [2.45, 2.75) is 26.5 Å². The van der Waals surface area contributed by atoms with E-state index in [1.807, 2.05) is 39.2 Å². The van der Waals surface area contributed by atoms with Crippen LogP contribution in [-0.4, -0.2) is 40.6 Å². The van der Waals surface area contributed by atoms with Crippen molar-refractivity contribution in [2.75, 3.05) is 5.32 Å². The number of nitrogens with zero attached hydrogens (tertiary/aromatic N) is 8. The van der Waals surface area contributed by atoms with Gasteiger partial charge in [0.05, 0.1) is 23.5 Å². The molecule has 4 rings (SSSR count). The average molecular weight is 415 g/mol. The van der Waals surface area contributed by atoms with Gasteiger partial charge in [-0.25, -0.2) is 19.6 Å². The van der Waals surface area contributed by atoms with Crippen LogP contribution in [0.4, 0.5) is 11.6 Å². The standard InChI is InChI=1S/C21H21N9O/c1-14(10-30-13-23-12-26-30)31-20-6-16(4-5-17(20)7-22)18-8-24-21(25-9-18)27-19-11-29(3)28-15(19)2/h4-6,8-9,11-14H,10H2,1-3H3,(H,24,25,27)/t14-/m0/s1. The zero-order chi connectivity index (χ0) is 21.8. The summed E-state index contributed by atoms with van der Waals surface area (Å²) < 4.78 is 9.43. The molecule has 1 atom stereocenters. The summed E-state index contributed by atoms with van der Waals surface area (Å²) in [5.74, 6) is 0.979. The van der Waals surface area contributed by atoms with Gasteiger partial charge in [-0.1, -0.05) is 6.07 Å². The molecule has 0 saturated carbocycles. The van der Waals surface area contributed by atoms with Gasteiger partial charge in [0, 0.05) is 31.2 Å². The van der Waals surface area contributed by atoms with E-state index in [4.69, 9.17) is 4.74 Å². The summed E-state index contributed by atoms with van der Waals surface area (Å²) in [6.45, 7) is 4.35. The molecule has 0 aliphatic rings. The molecule has 10 heteroatoms. The molecule has 1 aromatic carbocycles. The number of hydrogen-bond acceptors (Lipinski definition) is 8. The van der Waals surface area contributed by atoms with Crippen LogP contribution >= 0.6 is 0 Å². The molecule has 0 radical (unpaired) electrons. The Hall–Kier alpha value is -4.26. The summed E-state index contributed by atoms with van der Waals surface area (Å²) in [7, 11) is 1.86. The largest absolute Gasteiger partial charge is 0.487 e. The maximum atomic E-state index is 9.45. The lowest BCUT2D eigenvalue weighted by molar-refractivity contribution is 0.193. The van der Waals surface area contributed by atoms with Crippen molar-refractivity contribution in [3.05, 3.63) is 60.7 Å². The molecule has 3 aromatic heterocycles. The zero-order valence-electron chi connectivity index (χ0n) is 17.4. The van der Waals surface area contributed by atoms with E-state index in [-0.39, 0.29) is 6.10 Å². The van der Waals surface area contributed by atoms with Gasteiger partial charge in [-0.3, -0.25) is 4.68 Å². The molecular formula is C21H21N9O. The molecule has 0 aliphatic heterocycles. The monoisotopic (exact) mass is 415 g/mol. The van der Waals surface area contributed by atoms with Gasteiger partial charge in [0.25, 0.3) is 0 Å². The van der Waals surface area contributed by atoms with Crippen LogP contribution in [0.5, 0.6) is 5.75 Å². The molecular weight excluding hydrogens is 394 g/mol. The molecule has 0 aliphatic carbocycles. The Morgan fingerprint density at radius 2 is 2.03 bits per heavy atom. The predicted octanol–water partition coefficient (Wildman–Crippen LogP) is 2.86. The van der Waals surface area contributed by atoms with Gasteiger partial charge >= 0.3 is 0 Å². The lowest BCUT2D eigenvalue weighted by Gasteiger charge is -2.16. The summed E-state index contributed by atoms with van der Waals surface area (Å²) in [4.78, 5) is 12.7. The fourth-order valence-corrected chi connectivity index (χ4v) is 3.12. The predicted molar refractivity (Wildman–Crippen MR) is 114 cm³/mol. The number of nitriles is 1. The van der Waals surface area contributed by atoms with Crippen molar-refractivity contribution >= 4 is 11.6 Å². The minimum absolute atomic E-state index is 0.199. The fourth-order valence-electron chi connectivity index (χ4n) is 3.12. The van der Waals surface area contributed by atoms with Crippen molar-refractivity contribution in [1.82, 2.24) is 34.5 Å². The number of aromatic nitrogens is 7. The summed E-state index contributed by atoms with van der Waals surface area (Å²) >= 11 is 0.